The Labute approximate surface area is 241 Å². The predicted molar refractivity (Wildman–Crippen MR) is 143 cm³/mol. The van der Waals surface area contributed by atoms with Crippen LogP contribution >= 0.6 is 0 Å². The maximum absolute atomic E-state index is 14.3. The summed E-state index contributed by atoms with van der Waals surface area (Å²) in [5.41, 5.74) is -0.788. The highest BCUT2D eigenvalue weighted by Gasteiger charge is 2.35. The number of ether oxygens (including phenoxy) is 2. The molecule has 2 aliphatic rings. The maximum Gasteiger partial charge on any atom is 0.417 e. The van der Waals surface area contributed by atoms with Gasteiger partial charge < -0.3 is 9.47 Å². The van der Waals surface area contributed by atoms with Crippen LogP contribution in [0.5, 0.6) is 5.75 Å². The Kier molecular flexibility index (Phi) is 8.28. The van der Waals surface area contributed by atoms with E-state index >= 15 is 0 Å². The molecular weight excluding hydrogens is 575 g/mol. The van der Waals surface area contributed by atoms with Gasteiger partial charge in [0.05, 0.1) is 36.7 Å². The third kappa shape index (κ3) is 6.12. The molecule has 0 saturated heterocycles. The fraction of sp³-hybridized carbons (Fsp3) is 0.241. The molecule has 2 aliphatic heterocycles. The van der Waals surface area contributed by atoms with E-state index in [9.17, 15) is 26.7 Å². The smallest absolute Gasteiger partial charge is 0.417 e. The van der Waals surface area contributed by atoms with Crippen molar-refractivity contribution in [1.29, 1.82) is 0 Å². The van der Waals surface area contributed by atoms with Crippen LogP contribution in [0.3, 0.4) is 0 Å². The summed E-state index contributed by atoms with van der Waals surface area (Å²) in [7, 11) is 0. The highest BCUT2D eigenvalue weighted by molar-refractivity contribution is 5.78. The van der Waals surface area contributed by atoms with Crippen molar-refractivity contribution in [3.05, 3.63) is 83.9 Å². The number of hydrogen-bond acceptors (Lipinski definition) is 8. The SMILES string of the molecule is CCCOc1ccc(-c2ncc(C(C(=O)OCC)n3cc4nc(-c5cccc(F)c5F)nc-4cn3)cn2)c(C(F)(F)F)c1. The van der Waals surface area contributed by atoms with Gasteiger partial charge in [0.15, 0.2) is 29.3 Å². The molecule has 2 aromatic carbocycles. The van der Waals surface area contributed by atoms with Crippen LogP contribution in [-0.4, -0.2) is 48.9 Å². The fourth-order valence-corrected chi connectivity index (χ4v) is 4.27. The van der Waals surface area contributed by atoms with E-state index in [2.05, 4.69) is 25.0 Å². The van der Waals surface area contributed by atoms with Crippen LogP contribution < -0.4 is 4.74 Å². The Morgan fingerprint density at radius 1 is 0.953 bits per heavy atom. The molecule has 0 bridgehead atoms. The molecule has 222 valence electrons. The number of imidazole rings is 1. The van der Waals surface area contributed by atoms with E-state index in [0.29, 0.717) is 6.42 Å². The lowest BCUT2D eigenvalue weighted by molar-refractivity contribution is -0.146. The zero-order chi connectivity index (χ0) is 30.7. The molecule has 3 aromatic rings. The van der Waals surface area contributed by atoms with Crippen LogP contribution in [0.2, 0.25) is 0 Å². The fourth-order valence-electron chi connectivity index (χ4n) is 4.27. The van der Waals surface area contributed by atoms with Gasteiger partial charge in [-0.15, -0.1) is 0 Å². The normalized spacial score (nSPS) is 12.3. The molecule has 0 N–H and O–H groups in total. The molecule has 3 heterocycles. The van der Waals surface area contributed by atoms with Crippen molar-refractivity contribution in [2.45, 2.75) is 32.5 Å². The number of fused-ring (bicyclic) bond motifs is 1. The number of hydrogen-bond donors (Lipinski definition) is 0. The van der Waals surface area contributed by atoms with Crippen LogP contribution in [0.4, 0.5) is 22.0 Å². The maximum atomic E-state index is 14.3. The van der Waals surface area contributed by atoms with Crippen molar-refractivity contribution in [3.8, 4) is 39.9 Å². The van der Waals surface area contributed by atoms with E-state index in [1.807, 2.05) is 6.92 Å². The largest absolute Gasteiger partial charge is 0.494 e. The highest BCUT2D eigenvalue weighted by Crippen LogP contribution is 2.38. The number of rotatable bonds is 9. The molecule has 9 nitrogen and oxygen atoms in total. The summed E-state index contributed by atoms with van der Waals surface area (Å²) >= 11 is 0. The van der Waals surface area contributed by atoms with Crippen molar-refractivity contribution >= 4 is 5.97 Å². The van der Waals surface area contributed by atoms with Crippen molar-refractivity contribution in [2.75, 3.05) is 13.2 Å². The molecule has 14 heteroatoms. The Balaban J connectivity index is 1.52. The van der Waals surface area contributed by atoms with Crippen LogP contribution in [0.15, 0.2) is 61.2 Å². The quantitative estimate of drug-likeness (QED) is 0.147. The van der Waals surface area contributed by atoms with E-state index in [1.54, 1.807) is 6.92 Å². The second-order valence-corrected chi connectivity index (χ2v) is 9.22. The number of benzene rings is 2. The third-order valence-electron chi connectivity index (χ3n) is 6.25. The summed E-state index contributed by atoms with van der Waals surface area (Å²) in [6.45, 7) is 3.72. The van der Waals surface area contributed by atoms with Crippen LogP contribution in [0.1, 0.15) is 37.4 Å². The van der Waals surface area contributed by atoms with Gasteiger partial charge in [0.1, 0.15) is 17.1 Å². The standard InChI is InChI=1S/C29H23F5N6O3/c1-3-10-43-17-8-9-18(20(11-17)29(32,33)34)26-35-12-16(13-36-26)25(28(41)42-4-2)40-15-23-22(14-37-40)38-27(39-23)19-6-5-7-21(30)24(19)31/h5-9,11-15,25H,3-4,10H2,1-2H3. The van der Waals surface area contributed by atoms with Gasteiger partial charge in [-0.3, -0.25) is 4.68 Å². The van der Waals surface area contributed by atoms with Gasteiger partial charge in [0, 0.05) is 23.5 Å². The summed E-state index contributed by atoms with van der Waals surface area (Å²) in [5, 5.41) is 4.22. The number of esters is 1. The Hall–Kier alpha value is -5.01. The van der Waals surface area contributed by atoms with Gasteiger partial charge in [-0.2, -0.15) is 18.3 Å². The first kappa shape index (κ1) is 29.5. The lowest BCUT2D eigenvalue weighted by Gasteiger charge is -2.19. The molecule has 5 rings (SSSR count). The Bertz CT molecular complexity index is 1730. The molecule has 0 radical (unpaired) electrons. The summed E-state index contributed by atoms with van der Waals surface area (Å²) in [6, 6.07) is 5.88. The number of carbonyl (C=O) groups is 1. The zero-order valence-corrected chi connectivity index (χ0v) is 22.8. The number of aromatic nitrogens is 6. The topological polar surface area (TPSA) is 105 Å². The minimum absolute atomic E-state index is 0.0254. The molecule has 0 fully saturated rings. The highest BCUT2D eigenvalue weighted by atomic mass is 19.4. The predicted octanol–water partition coefficient (Wildman–Crippen LogP) is 6.14. The van der Waals surface area contributed by atoms with Gasteiger partial charge in [0.25, 0.3) is 0 Å². The lowest BCUT2D eigenvalue weighted by Crippen LogP contribution is -2.25. The molecular formula is C29H23F5N6O3. The van der Waals surface area contributed by atoms with Crippen molar-refractivity contribution in [3.63, 3.8) is 0 Å². The summed E-state index contributed by atoms with van der Waals surface area (Å²) in [5.74, 6) is -3.17. The molecule has 1 atom stereocenters. The number of nitrogens with zero attached hydrogens (tertiary/aromatic N) is 6. The van der Waals surface area contributed by atoms with Gasteiger partial charge in [0.2, 0.25) is 0 Å². The van der Waals surface area contributed by atoms with Gasteiger partial charge in [-0.05, 0) is 43.7 Å². The Morgan fingerprint density at radius 3 is 2.40 bits per heavy atom. The van der Waals surface area contributed by atoms with E-state index in [0.717, 1.165) is 12.1 Å². The number of carbonyl (C=O) groups excluding carboxylic acids is 1. The Morgan fingerprint density at radius 2 is 1.70 bits per heavy atom. The zero-order valence-electron chi connectivity index (χ0n) is 22.8. The number of halogens is 5. The van der Waals surface area contributed by atoms with Gasteiger partial charge >= 0.3 is 12.1 Å². The first-order valence-corrected chi connectivity index (χ1v) is 13.1. The van der Waals surface area contributed by atoms with Crippen LogP contribution in [-0.2, 0) is 15.7 Å². The minimum Gasteiger partial charge on any atom is -0.494 e. The second-order valence-electron chi connectivity index (χ2n) is 9.22. The van der Waals surface area contributed by atoms with Crippen LogP contribution in [0.25, 0.3) is 34.2 Å². The van der Waals surface area contributed by atoms with E-state index in [1.165, 1.54) is 53.7 Å². The molecule has 0 aliphatic carbocycles. The minimum atomic E-state index is -4.71. The molecule has 0 spiro atoms. The van der Waals surface area contributed by atoms with E-state index in [-0.39, 0.29) is 58.7 Å². The summed E-state index contributed by atoms with van der Waals surface area (Å²) in [4.78, 5) is 29.7. The average molecular weight is 599 g/mol. The molecule has 0 amide bonds. The van der Waals surface area contributed by atoms with Crippen molar-refractivity contribution in [2.24, 2.45) is 0 Å². The second kappa shape index (κ2) is 12.1. The van der Waals surface area contributed by atoms with Gasteiger partial charge in [-0.25, -0.2) is 33.5 Å². The third-order valence-corrected chi connectivity index (χ3v) is 6.25. The van der Waals surface area contributed by atoms with E-state index < -0.39 is 35.4 Å². The molecule has 1 aromatic heterocycles. The van der Waals surface area contributed by atoms with Crippen molar-refractivity contribution in [1.82, 2.24) is 29.7 Å². The lowest BCUT2D eigenvalue weighted by atomic mass is 10.1. The first-order chi connectivity index (χ1) is 20.6. The van der Waals surface area contributed by atoms with E-state index in [4.69, 9.17) is 9.47 Å². The van der Waals surface area contributed by atoms with Gasteiger partial charge in [-0.1, -0.05) is 13.0 Å². The monoisotopic (exact) mass is 598 g/mol. The number of alkyl halides is 3. The average Bonchev–Trinajstić information content (AvgIpc) is 3.41. The first-order valence-electron chi connectivity index (χ1n) is 13.1. The summed E-state index contributed by atoms with van der Waals surface area (Å²) < 4.78 is 81.5. The summed E-state index contributed by atoms with van der Waals surface area (Å²) in [6.07, 6.45) is 0.959. The van der Waals surface area contributed by atoms with Crippen molar-refractivity contribution < 1.29 is 36.2 Å². The molecule has 1 unspecified atom stereocenters. The molecule has 0 saturated carbocycles. The molecule has 43 heavy (non-hydrogen) atoms. The van der Waals surface area contributed by atoms with Crippen LogP contribution in [0, 0.1) is 11.6 Å².